The zero-order valence-electron chi connectivity index (χ0n) is 8.52. The SMILES string of the molecule is O=C1c2ccccc2C(=O)N1OC(=O)C(Cl)(Cl)Cl. The molecule has 2 rings (SSSR count). The number of carbonyl (C=O) groups excluding carboxylic acids is 3. The third kappa shape index (κ3) is 2.16. The number of hydrogen-bond acceptors (Lipinski definition) is 4. The maximum Gasteiger partial charge on any atom is 0.384 e. The molecule has 0 atom stereocenters. The molecule has 0 aliphatic carbocycles. The molecule has 0 unspecified atom stereocenters. The van der Waals surface area contributed by atoms with Crippen molar-refractivity contribution < 1.29 is 19.2 Å². The number of alkyl halides is 3. The van der Waals surface area contributed by atoms with Gasteiger partial charge < -0.3 is 4.84 Å². The fourth-order valence-electron chi connectivity index (χ4n) is 1.38. The van der Waals surface area contributed by atoms with Crippen molar-refractivity contribution in [3.63, 3.8) is 0 Å². The molecule has 1 aliphatic heterocycles. The smallest absolute Gasteiger partial charge is 0.325 e. The molecular weight excluding hydrogens is 304 g/mol. The van der Waals surface area contributed by atoms with Gasteiger partial charge >= 0.3 is 5.97 Å². The molecule has 0 aromatic heterocycles. The van der Waals surface area contributed by atoms with E-state index in [1.165, 1.54) is 12.1 Å². The Morgan fingerprint density at radius 3 is 1.89 bits per heavy atom. The predicted octanol–water partition coefficient (Wildman–Crippen LogP) is 2.11. The van der Waals surface area contributed by atoms with E-state index in [-0.39, 0.29) is 16.2 Å². The quantitative estimate of drug-likeness (QED) is 0.589. The maximum atomic E-state index is 11.8. The summed E-state index contributed by atoms with van der Waals surface area (Å²) >= 11 is 15.8. The average Bonchev–Trinajstić information content (AvgIpc) is 2.54. The number of hydrogen-bond donors (Lipinski definition) is 0. The molecule has 0 bridgehead atoms. The highest BCUT2D eigenvalue weighted by Crippen LogP contribution is 2.30. The van der Waals surface area contributed by atoms with Crippen molar-refractivity contribution in [1.29, 1.82) is 0 Å². The molecule has 5 nitrogen and oxygen atoms in total. The molecule has 0 saturated heterocycles. The van der Waals surface area contributed by atoms with Gasteiger partial charge in [0.2, 0.25) is 0 Å². The van der Waals surface area contributed by atoms with Gasteiger partial charge in [-0.15, -0.1) is 0 Å². The highest BCUT2D eigenvalue weighted by Gasteiger charge is 2.42. The number of halogens is 3. The van der Waals surface area contributed by atoms with Gasteiger partial charge in [-0.2, -0.15) is 0 Å². The molecule has 0 radical (unpaired) electrons. The summed E-state index contributed by atoms with van der Waals surface area (Å²) < 4.78 is -2.37. The van der Waals surface area contributed by atoms with Crippen LogP contribution in [0.2, 0.25) is 0 Å². The molecule has 1 aromatic rings. The predicted molar refractivity (Wildman–Crippen MR) is 63.3 cm³/mol. The minimum atomic E-state index is -2.37. The van der Waals surface area contributed by atoms with Crippen molar-refractivity contribution in [2.24, 2.45) is 0 Å². The van der Waals surface area contributed by atoms with Crippen molar-refractivity contribution in [3.05, 3.63) is 35.4 Å². The van der Waals surface area contributed by atoms with Crippen LogP contribution in [0, 0.1) is 0 Å². The number of carbonyl (C=O) groups is 3. The number of imide groups is 1. The minimum Gasteiger partial charge on any atom is -0.325 e. The summed E-state index contributed by atoms with van der Waals surface area (Å²) in [6.45, 7) is 0. The van der Waals surface area contributed by atoms with Crippen LogP contribution < -0.4 is 0 Å². The highest BCUT2D eigenvalue weighted by atomic mass is 35.6. The van der Waals surface area contributed by atoms with E-state index in [4.69, 9.17) is 34.8 Å². The molecule has 0 N–H and O–H groups in total. The Hall–Kier alpha value is -1.30. The lowest BCUT2D eigenvalue weighted by molar-refractivity contribution is -0.167. The third-order valence-electron chi connectivity index (χ3n) is 2.16. The summed E-state index contributed by atoms with van der Waals surface area (Å²) in [5.41, 5.74) is 0.249. The monoisotopic (exact) mass is 307 g/mol. The minimum absolute atomic E-state index is 0.125. The van der Waals surface area contributed by atoms with Gasteiger partial charge in [-0.1, -0.05) is 52.0 Å². The van der Waals surface area contributed by atoms with Crippen LogP contribution in [-0.4, -0.2) is 26.6 Å². The van der Waals surface area contributed by atoms with E-state index >= 15 is 0 Å². The van der Waals surface area contributed by atoms with Crippen molar-refractivity contribution in [1.82, 2.24) is 5.06 Å². The van der Waals surface area contributed by atoms with Crippen molar-refractivity contribution in [2.75, 3.05) is 0 Å². The fraction of sp³-hybridized carbons (Fsp3) is 0.100. The summed E-state index contributed by atoms with van der Waals surface area (Å²) in [7, 11) is 0. The van der Waals surface area contributed by atoms with Crippen LogP contribution in [0.15, 0.2) is 24.3 Å². The van der Waals surface area contributed by atoms with Gasteiger partial charge in [-0.25, -0.2) is 4.79 Å². The molecule has 0 fully saturated rings. The van der Waals surface area contributed by atoms with Crippen molar-refractivity contribution in [2.45, 2.75) is 3.79 Å². The Morgan fingerprint density at radius 2 is 1.50 bits per heavy atom. The second kappa shape index (κ2) is 4.42. The van der Waals surface area contributed by atoms with E-state index in [9.17, 15) is 14.4 Å². The van der Waals surface area contributed by atoms with Gasteiger partial charge in [0.05, 0.1) is 11.1 Å². The van der Waals surface area contributed by atoms with E-state index in [1.54, 1.807) is 12.1 Å². The second-order valence-electron chi connectivity index (χ2n) is 3.33. The van der Waals surface area contributed by atoms with Crippen molar-refractivity contribution >= 4 is 52.6 Å². The Balaban J connectivity index is 2.27. The largest absolute Gasteiger partial charge is 0.384 e. The third-order valence-corrected chi connectivity index (χ3v) is 2.63. The zero-order valence-corrected chi connectivity index (χ0v) is 10.8. The molecule has 2 amide bonds. The molecule has 94 valence electrons. The molecule has 0 saturated carbocycles. The molecule has 8 heteroatoms. The number of nitrogens with zero attached hydrogens (tertiary/aromatic N) is 1. The topological polar surface area (TPSA) is 63.7 Å². The zero-order chi connectivity index (χ0) is 13.5. The average molecular weight is 309 g/mol. The normalized spacial score (nSPS) is 14.7. The summed E-state index contributed by atoms with van der Waals surface area (Å²) in [4.78, 5) is 39.3. The summed E-state index contributed by atoms with van der Waals surface area (Å²) in [6.07, 6.45) is 0. The van der Waals surface area contributed by atoms with Crippen LogP contribution in [0.4, 0.5) is 0 Å². The lowest BCUT2D eigenvalue weighted by Crippen LogP contribution is -2.36. The Morgan fingerprint density at radius 1 is 1.06 bits per heavy atom. The van der Waals surface area contributed by atoms with Gasteiger partial charge in [-0.05, 0) is 12.1 Å². The molecule has 1 heterocycles. The van der Waals surface area contributed by atoms with Gasteiger partial charge in [0.1, 0.15) is 0 Å². The van der Waals surface area contributed by atoms with Gasteiger partial charge in [0.15, 0.2) is 0 Å². The summed E-state index contributed by atoms with van der Waals surface area (Å²) in [5, 5.41) is 0.273. The Kier molecular flexibility index (Phi) is 3.23. The van der Waals surface area contributed by atoms with Crippen molar-refractivity contribution in [3.8, 4) is 0 Å². The lowest BCUT2D eigenvalue weighted by Gasteiger charge is -2.15. The molecule has 1 aromatic carbocycles. The maximum absolute atomic E-state index is 11.8. The molecular formula is C10H4Cl3NO4. The van der Waals surface area contributed by atoms with Crippen LogP contribution in [0.5, 0.6) is 0 Å². The van der Waals surface area contributed by atoms with Gasteiger partial charge in [-0.3, -0.25) is 9.59 Å². The molecule has 1 aliphatic rings. The second-order valence-corrected chi connectivity index (χ2v) is 5.61. The first kappa shape index (κ1) is 13.1. The number of hydroxylamine groups is 2. The van der Waals surface area contributed by atoms with E-state index in [2.05, 4.69) is 4.84 Å². The van der Waals surface area contributed by atoms with Crippen LogP contribution in [0.25, 0.3) is 0 Å². The summed E-state index contributed by atoms with van der Waals surface area (Å²) in [6, 6.07) is 6.01. The lowest BCUT2D eigenvalue weighted by atomic mass is 10.1. The van der Waals surface area contributed by atoms with Crippen LogP contribution in [0.1, 0.15) is 20.7 Å². The summed E-state index contributed by atoms with van der Waals surface area (Å²) in [5.74, 6) is -2.89. The highest BCUT2D eigenvalue weighted by molar-refractivity contribution is 6.75. The first-order valence-electron chi connectivity index (χ1n) is 4.59. The first-order valence-corrected chi connectivity index (χ1v) is 5.72. The van der Waals surface area contributed by atoms with Crippen LogP contribution in [0.3, 0.4) is 0 Å². The van der Waals surface area contributed by atoms with E-state index in [0.29, 0.717) is 0 Å². The Bertz CT molecular complexity index is 517. The molecule has 18 heavy (non-hydrogen) atoms. The fourth-order valence-corrected chi connectivity index (χ4v) is 1.49. The number of amides is 2. The molecule has 0 spiro atoms. The Labute approximate surface area is 116 Å². The van der Waals surface area contributed by atoms with E-state index < -0.39 is 21.6 Å². The number of benzene rings is 1. The first-order chi connectivity index (χ1) is 8.32. The van der Waals surface area contributed by atoms with Gasteiger partial charge in [0, 0.05) is 0 Å². The van der Waals surface area contributed by atoms with Crippen LogP contribution in [-0.2, 0) is 9.63 Å². The number of rotatable bonds is 1. The van der Waals surface area contributed by atoms with E-state index in [0.717, 1.165) is 0 Å². The standard InChI is InChI=1S/C10H4Cl3NO4/c11-10(12,13)9(17)18-14-7(15)5-3-1-2-4-6(5)8(14)16/h1-4H. The number of fused-ring (bicyclic) bond motifs is 1. The van der Waals surface area contributed by atoms with Crippen LogP contribution >= 0.6 is 34.8 Å². The van der Waals surface area contributed by atoms with E-state index in [1.807, 2.05) is 0 Å². The van der Waals surface area contributed by atoms with Gasteiger partial charge in [0.25, 0.3) is 15.6 Å².